The number of para-hydroxylation sites is 2. The SMILES string of the molecule is C1=Cc2c(c(-c3ccc(-c4ccccc4)c(-c4cccc(-c5ccc6cc(N(c7ccccc7)c7ccccc7)ccc6c5)c4)c3)cc3ccccc23)CC1. The fourth-order valence-corrected chi connectivity index (χ4v) is 8.40. The van der Waals surface area contributed by atoms with Crippen LogP contribution in [0.5, 0.6) is 0 Å². The van der Waals surface area contributed by atoms with Crippen molar-refractivity contribution in [1.82, 2.24) is 0 Å². The van der Waals surface area contributed by atoms with Crippen LogP contribution in [0.15, 0.2) is 206 Å². The van der Waals surface area contributed by atoms with E-state index in [0.29, 0.717) is 0 Å². The molecule has 0 amide bonds. The van der Waals surface area contributed by atoms with Crippen molar-refractivity contribution in [3.8, 4) is 44.5 Å². The summed E-state index contributed by atoms with van der Waals surface area (Å²) in [4.78, 5) is 2.32. The molecular formula is C54H39N. The highest BCUT2D eigenvalue weighted by molar-refractivity contribution is 5.99. The van der Waals surface area contributed by atoms with Crippen LogP contribution in [0, 0.1) is 0 Å². The molecule has 1 heteroatoms. The molecule has 55 heavy (non-hydrogen) atoms. The Labute approximate surface area is 323 Å². The Kier molecular flexibility index (Phi) is 8.39. The Hall–Kier alpha value is -6.96. The number of fused-ring (bicyclic) bond motifs is 4. The number of hydrogen-bond donors (Lipinski definition) is 0. The van der Waals surface area contributed by atoms with Gasteiger partial charge >= 0.3 is 0 Å². The molecule has 9 aromatic rings. The van der Waals surface area contributed by atoms with Crippen molar-refractivity contribution in [1.29, 1.82) is 0 Å². The predicted molar refractivity (Wildman–Crippen MR) is 235 cm³/mol. The molecule has 0 heterocycles. The van der Waals surface area contributed by atoms with Gasteiger partial charge in [0.1, 0.15) is 0 Å². The van der Waals surface area contributed by atoms with E-state index in [1.165, 1.54) is 77.2 Å². The Balaban J connectivity index is 1.06. The molecule has 0 aromatic heterocycles. The molecule has 0 atom stereocenters. The van der Waals surface area contributed by atoms with Gasteiger partial charge in [-0.05, 0) is 151 Å². The second-order valence-electron chi connectivity index (χ2n) is 14.4. The highest BCUT2D eigenvalue weighted by Gasteiger charge is 2.18. The third kappa shape index (κ3) is 6.20. The number of hydrogen-bond acceptors (Lipinski definition) is 1. The van der Waals surface area contributed by atoms with Crippen LogP contribution in [0.3, 0.4) is 0 Å². The first-order valence-electron chi connectivity index (χ1n) is 19.2. The summed E-state index contributed by atoms with van der Waals surface area (Å²) in [5.41, 5.74) is 16.1. The van der Waals surface area contributed by atoms with Crippen molar-refractivity contribution in [2.24, 2.45) is 0 Å². The van der Waals surface area contributed by atoms with Gasteiger partial charge in [-0.15, -0.1) is 0 Å². The zero-order valence-corrected chi connectivity index (χ0v) is 30.6. The summed E-state index contributed by atoms with van der Waals surface area (Å²) in [6.07, 6.45) is 6.78. The lowest BCUT2D eigenvalue weighted by atomic mass is 9.84. The molecular weight excluding hydrogens is 663 g/mol. The standard InChI is InChI=1S/C54H39N/c1-4-15-38(16-5-1)50-32-30-45(54-36-44-17-10-11-24-49(44)51-25-12-13-26-52(51)54)37-53(50)43-19-14-18-39(34-43)40-27-28-42-35-48(31-29-41(42)33-40)55(46-20-6-2-7-21-46)47-22-8-3-9-23-47/h1-12,14-25,27-37H,13,26H2. The van der Waals surface area contributed by atoms with E-state index in [0.717, 1.165) is 29.9 Å². The molecule has 0 saturated carbocycles. The van der Waals surface area contributed by atoms with Crippen LogP contribution in [-0.4, -0.2) is 0 Å². The molecule has 0 aliphatic heterocycles. The second kappa shape index (κ2) is 14.1. The summed E-state index contributed by atoms with van der Waals surface area (Å²) in [6, 6.07) is 73.0. The Bertz CT molecular complexity index is 2810. The second-order valence-corrected chi connectivity index (χ2v) is 14.4. The molecule has 0 spiro atoms. The molecule has 0 unspecified atom stereocenters. The summed E-state index contributed by atoms with van der Waals surface area (Å²) < 4.78 is 0. The van der Waals surface area contributed by atoms with Gasteiger partial charge in [0.25, 0.3) is 0 Å². The average molecular weight is 702 g/mol. The van der Waals surface area contributed by atoms with Crippen molar-refractivity contribution >= 4 is 44.7 Å². The normalized spacial score (nSPS) is 12.1. The van der Waals surface area contributed by atoms with Crippen molar-refractivity contribution in [3.63, 3.8) is 0 Å². The van der Waals surface area contributed by atoms with Crippen LogP contribution in [0.1, 0.15) is 17.5 Å². The van der Waals surface area contributed by atoms with Gasteiger partial charge < -0.3 is 4.90 Å². The summed E-state index contributed by atoms with van der Waals surface area (Å²) in [5.74, 6) is 0. The summed E-state index contributed by atoms with van der Waals surface area (Å²) in [7, 11) is 0. The first-order valence-corrected chi connectivity index (χ1v) is 19.2. The molecule has 1 nitrogen and oxygen atoms in total. The molecule has 0 saturated heterocycles. The quantitative estimate of drug-likeness (QED) is 0.160. The van der Waals surface area contributed by atoms with Gasteiger partial charge in [-0.3, -0.25) is 0 Å². The van der Waals surface area contributed by atoms with E-state index in [-0.39, 0.29) is 0 Å². The molecule has 0 fully saturated rings. The maximum absolute atomic E-state index is 2.43. The van der Waals surface area contributed by atoms with Gasteiger partial charge in [-0.2, -0.15) is 0 Å². The van der Waals surface area contributed by atoms with E-state index in [4.69, 9.17) is 0 Å². The maximum atomic E-state index is 2.43. The van der Waals surface area contributed by atoms with Gasteiger partial charge in [-0.1, -0.05) is 152 Å². The summed E-state index contributed by atoms with van der Waals surface area (Å²) in [6.45, 7) is 0. The van der Waals surface area contributed by atoms with Gasteiger partial charge in [0.2, 0.25) is 0 Å². The van der Waals surface area contributed by atoms with Crippen molar-refractivity contribution < 1.29 is 0 Å². The van der Waals surface area contributed by atoms with Crippen LogP contribution in [0.2, 0.25) is 0 Å². The number of allylic oxidation sites excluding steroid dienone is 1. The third-order valence-electron chi connectivity index (χ3n) is 11.1. The van der Waals surface area contributed by atoms with E-state index in [1.54, 1.807) is 0 Å². The molecule has 9 aromatic carbocycles. The lowest BCUT2D eigenvalue weighted by Crippen LogP contribution is -2.09. The van der Waals surface area contributed by atoms with Gasteiger partial charge in [-0.25, -0.2) is 0 Å². The van der Waals surface area contributed by atoms with Gasteiger partial charge in [0, 0.05) is 17.1 Å². The number of nitrogens with zero attached hydrogens (tertiary/aromatic N) is 1. The first-order chi connectivity index (χ1) is 27.3. The van der Waals surface area contributed by atoms with E-state index >= 15 is 0 Å². The molecule has 1 aliphatic rings. The number of rotatable bonds is 7. The van der Waals surface area contributed by atoms with Gasteiger partial charge in [0.05, 0.1) is 0 Å². The highest BCUT2D eigenvalue weighted by atomic mass is 15.1. The van der Waals surface area contributed by atoms with Crippen molar-refractivity contribution in [2.45, 2.75) is 12.8 Å². The van der Waals surface area contributed by atoms with E-state index in [2.05, 4.69) is 217 Å². The third-order valence-corrected chi connectivity index (χ3v) is 11.1. The Morgan fingerprint density at radius 2 is 0.964 bits per heavy atom. The lowest BCUT2D eigenvalue weighted by molar-refractivity contribution is 0.992. The number of anilines is 3. The first kappa shape index (κ1) is 32.7. The Morgan fingerprint density at radius 1 is 0.345 bits per heavy atom. The fourth-order valence-electron chi connectivity index (χ4n) is 8.40. The van der Waals surface area contributed by atoms with Crippen molar-refractivity contribution in [3.05, 3.63) is 217 Å². The minimum atomic E-state index is 1.05. The smallest absolute Gasteiger partial charge is 0.0468 e. The maximum Gasteiger partial charge on any atom is 0.0468 e. The van der Waals surface area contributed by atoms with Crippen LogP contribution >= 0.6 is 0 Å². The highest BCUT2D eigenvalue weighted by Crippen LogP contribution is 2.42. The lowest BCUT2D eigenvalue weighted by Gasteiger charge is -2.25. The van der Waals surface area contributed by atoms with Crippen LogP contribution < -0.4 is 4.90 Å². The monoisotopic (exact) mass is 701 g/mol. The number of benzene rings is 9. The topological polar surface area (TPSA) is 3.24 Å². The molecule has 10 rings (SSSR count). The average Bonchev–Trinajstić information content (AvgIpc) is 3.27. The van der Waals surface area contributed by atoms with Crippen LogP contribution in [0.4, 0.5) is 17.1 Å². The fraction of sp³-hybridized carbons (Fsp3) is 0.0370. The van der Waals surface area contributed by atoms with E-state index in [1.807, 2.05) is 0 Å². The van der Waals surface area contributed by atoms with Crippen LogP contribution in [-0.2, 0) is 6.42 Å². The molecule has 0 radical (unpaired) electrons. The van der Waals surface area contributed by atoms with E-state index < -0.39 is 0 Å². The largest absolute Gasteiger partial charge is 0.310 e. The predicted octanol–water partition coefficient (Wildman–Crippen LogP) is 15.1. The molecule has 260 valence electrons. The zero-order chi connectivity index (χ0) is 36.6. The molecule has 0 bridgehead atoms. The van der Waals surface area contributed by atoms with Gasteiger partial charge in [0.15, 0.2) is 0 Å². The van der Waals surface area contributed by atoms with Crippen molar-refractivity contribution in [2.75, 3.05) is 4.90 Å². The minimum absolute atomic E-state index is 1.05. The molecule has 0 N–H and O–H groups in total. The molecule has 1 aliphatic carbocycles. The summed E-state index contributed by atoms with van der Waals surface area (Å²) >= 11 is 0. The Morgan fingerprint density at radius 3 is 1.76 bits per heavy atom. The van der Waals surface area contributed by atoms with Crippen LogP contribution in [0.25, 0.3) is 72.1 Å². The van der Waals surface area contributed by atoms with E-state index in [9.17, 15) is 0 Å². The summed E-state index contributed by atoms with van der Waals surface area (Å²) in [5, 5.41) is 5.05. The zero-order valence-electron chi connectivity index (χ0n) is 30.6. The minimum Gasteiger partial charge on any atom is -0.310 e.